The molecule has 0 radical (unpaired) electrons. The van der Waals surface area contributed by atoms with Gasteiger partial charge in [0.1, 0.15) is 5.56 Å². The number of pyridine rings is 1. The number of ether oxygens (including phenoxy) is 1. The average molecular weight is 402 g/mol. The number of aliphatic carboxylic acids is 1. The second-order valence-corrected chi connectivity index (χ2v) is 7.61. The zero-order chi connectivity index (χ0) is 21.6. The summed E-state index contributed by atoms with van der Waals surface area (Å²) >= 11 is 0. The molecule has 0 saturated heterocycles. The number of hydrogen-bond acceptors (Lipinski definition) is 4. The predicted octanol–water partition coefficient (Wildman–Crippen LogP) is 4.97. The van der Waals surface area contributed by atoms with Gasteiger partial charge in [-0.1, -0.05) is 29.8 Å². The number of nitrogens with zero attached hydrogens (tertiary/aromatic N) is 1. The Morgan fingerprint density at radius 1 is 1.03 bits per heavy atom. The highest BCUT2D eigenvalue weighted by Crippen LogP contribution is 2.46. The average Bonchev–Trinajstić information content (AvgIpc) is 2.83. The van der Waals surface area contributed by atoms with E-state index in [1.807, 2.05) is 52.0 Å². The predicted molar refractivity (Wildman–Crippen MR) is 114 cm³/mol. The minimum atomic E-state index is -0.938. The van der Waals surface area contributed by atoms with Crippen LogP contribution in [0.4, 0.5) is 5.69 Å². The minimum Gasteiger partial charge on any atom is -0.481 e. The number of amides is 1. The van der Waals surface area contributed by atoms with E-state index in [1.165, 1.54) is 0 Å². The Bertz CT molecular complexity index is 1200. The van der Waals surface area contributed by atoms with Crippen LogP contribution in [0.5, 0.6) is 11.6 Å². The van der Waals surface area contributed by atoms with Crippen LogP contribution in [-0.4, -0.2) is 22.0 Å². The molecule has 0 saturated carbocycles. The number of carbonyl (C=O) groups excluding carboxylic acids is 1. The van der Waals surface area contributed by atoms with Crippen molar-refractivity contribution < 1.29 is 19.4 Å². The number of aromatic nitrogens is 1. The van der Waals surface area contributed by atoms with Crippen LogP contribution in [0, 0.1) is 27.7 Å². The monoisotopic (exact) mass is 402 g/mol. The number of carbonyl (C=O) groups is 2. The lowest BCUT2D eigenvalue weighted by molar-refractivity contribution is -0.136. The molecule has 4 rings (SSSR count). The van der Waals surface area contributed by atoms with Crippen LogP contribution >= 0.6 is 0 Å². The molecule has 30 heavy (non-hydrogen) atoms. The third kappa shape index (κ3) is 3.30. The van der Waals surface area contributed by atoms with Crippen LogP contribution in [0.1, 0.15) is 38.3 Å². The zero-order valence-electron chi connectivity index (χ0n) is 17.3. The number of benzene rings is 2. The summed E-state index contributed by atoms with van der Waals surface area (Å²) in [5.74, 6) is -0.535. The summed E-state index contributed by atoms with van der Waals surface area (Å²) in [5, 5.41) is 12.5. The molecule has 6 nitrogen and oxygen atoms in total. The molecule has 0 spiro atoms. The number of rotatable bonds is 3. The molecule has 0 aliphatic carbocycles. The van der Waals surface area contributed by atoms with Crippen LogP contribution in [0.25, 0.3) is 11.1 Å². The second-order valence-electron chi connectivity index (χ2n) is 7.61. The fourth-order valence-corrected chi connectivity index (χ4v) is 3.86. The van der Waals surface area contributed by atoms with Gasteiger partial charge in [0.05, 0.1) is 12.1 Å². The van der Waals surface area contributed by atoms with Crippen molar-refractivity contribution >= 4 is 17.6 Å². The molecular weight excluding hydrogens is 380 g/mol. The van der Waals surface area contributed by atoms with Gasteiger partial charge in [0, 0.05) is 11.3 Å². The molecule has 152 valence electrons. The maximum atomic E-state index is 12.8. The summed E-state index contributed by atoms with van der Waals surface area (Å²) in [6.07, 6.45) is -0.163. The summed E-state index contributed by atoms with van der Waals surface area (Å²) in [4.78, 5) is 28.9. The topological polar surface area (TPSA) is 88.5 Å². The molecule has 0 bridgehead atoms. The van der Waals surface area contributed by atoms with Crippen LogP contribution < -0.4 is 10.1 Å². The van der Waals surface area contributed by atoms with Crippen molar-refractivity contribution in [2.75, 3.05) is 5.32 Å². The summed E-state index contributed by atoms with van der Waals surface area (Å²) < 4.78 is 6.17. The van der Waals surface area contributed by atoms with Gasteiger partial charge in [-0.2, -0.15) is 0 Å². The van der Waals surface area contributed by atoms with Crippen LogP contribution in [0.2, 0.25) is 0 Å². The van der Waals surface area contributed by atoms with Gasteiger partial charge in [-0.25, -0.2) is 4.98 Å². The molecule has 1 aliphatic heterocycles. The number of anilines is 1. The SMILES string of the molecule is Cc1ccc(-c2c(C)c3c(c(C)c2CC(=O)O)NC(=O)c2ccc(C)nc2O3)cc1. The Balaban J connectivity index is 2.02. The van der Waals surface area contributed by atoms with Gasteiger partial charge < -0.3 is 15.2 Å². The van der Waals surface area contributed by atoms with Gasteiger partial charge in [-0.05, 0) is 62.1 Å². The van der Waals surface area contributed by atoms with E-state index in [1.54, 1.807) is 12.1 Å². The number of nitrogens with one attached hydrogen (secondary N) is 1. The molecule has 0 fully saturated rings. The van der Waals surface area contributed by atoms with Gasteiger partial charge >= 0.3 is 5.97 Å². The number of aryl methyl sites for hydroxylation is 2. The Morgan fingerprint density at radius 3 is 2.40 bits per heavy atom. The highest BCUT2D eigenvalue weighted by Gasteiger charge is 2.29. The lowest BCUT2D eigenvalue weighted by Crippen LogP contribution is -2.14. The Hall–Kier alpha value is -3.67. The number of hydrogen-bond donors (Lipinski definition) is 2. The highest BCUT2D eigenvalue weighted by atomic mass is 16.5. The van der Waals surface area contributed by atoms with Crippen LogP contribution in [0.3, 0.4) is 0 Å². The Labute approximate surface area is 174 Å². The third-order valence-corrected chi connectivity index (χ3v) is 5.42. The van der Waals surface area contributed by atoms with E-state index in [2.05, 4.69) is 10.3 Å². The highest BCUT2D eigenvalue weighted by molar-refractivity contribution is 6.09. The maximum absolute atomic E-state index is 12.8. The van der Waals surface area contributed by atoms with Gasteiger partial charge in [0.25, 0.3) is 5.91 Å². The van der Waals surface area contributed by atoms with E-state index in [0.717, 1.165) is 27.9 Å². The number of fused-ring (bicyclic) bond motifs is 2. The first-order valence-corrected chi connectivity index (χ1v) is 9.68. The molecule has 1 aromatic heterocycles. The van der Waals surface area contributed by atoms with Gasteiger partial charge in [0.15, 0.2) is 5.75 Å². The lowest BCUT2D eigenvalue weighted by Gasteiger charge is -2.22. The molecule has 1 amide bonds. The second kappa shape index (κ2) is 7.30. The van der Waals surface area contributed by atoms with Crippen molar-refractivity contribution in [2.24, 2.45) is 0 Å². The fraction of sp³-hybridized carbons (Fsp3) is 0.208. The van der Waals surface area contributed by atoms with Crippen molar-refractivity contribution in [3.05, 3.63) is 69.9 Å². The zero-order valence-corrected chi connectivity index (χ0v) is 17.3. The van der Waals surface area contributed by atoms with Crippen molar-refractivity contribution in [2.45, 2.75) is 34.1 Å². The molecule has 2 heterocycles. The first-order valence-electron chi connectivity index (χ1n) is 9.68. The molecular formula is C24H22N2O4. The smallest absolute Gasteiger partial charge is 0.307 e. The summed E-state index contributed by atoms with van der Waals surface area (Å²) in [7, 11) is 0. The van der Waals surface area contributed by atoms with E-state index in [0.29, 0.717) is 28.1 Å². The molecule has 6 heteroatoms. The molecule has 3 aromatic rings. The van der Waals surface area contributed by atoms with E-state index < -0.39 is 5.97 Å². The number of carboxylic acid groups (broad SMARTS) is 1. The van der Waals surface area contributed by atoms with Gasteiger partial charge in [0.2, 0.25) is 5.88 Å². The van der Waals surface area contributed by atoms with Crippen molar-refractivity contribution in [3.63, 3.8) is 0 Å². The van der Waals surface area contributed by atoms with Crippen molar-refractivity contribution in [3.8, 4) is 22.8 Å². The normalized spacial score (nSPS) is 12.3. The molecule has 2 aromatic carbocycles. The fourth-order valence-electron chi connectivity index (χ4n) is 3.86. The molecule has 2 N–H and O–H groups in total. The third-order valence-electron chi connectivity index (χ3n) is 5.42. The van der Waals surface area contributed by atoms with E-state index in [4.69, 9.17) is 4.74 Å². The molecule has 0 unspecified atom stereocenters. The standard InChI is InChI=1S/C24H22N2O4/c1-12-5-8-16(9-6-12)20-15(4)22-21(14(3)18(20)11-19(27)28)26-23(29)17-10-7-13(2)25-24(17)30-22/h5-10H,11H2,1-4H3,(H,26,29)(H,27,28). The summed E-state index contributed by atoms with van der Waals surface area (Å²) in [6.45, 7) is 7.53. The Kier molecular flexibility index (Phi) is 4.78. The van der Waals surface area contributed by atoms with Crippen LogP contribution in [0.15, 0.2) is 36.4 Å². The molecule has 1 aliphatic rings. The Morgan fingerprint density at radius 2 is 1.73 bits per heavy atom. The van der Waals surface area contributed by atoms with Gasteiger partial charge in [-0.15, -0.1) is 0 Å². The van der Waals surface area contributed by atoms with E-state index in [-0.39, 0.29) is 18.2 Å². The first-order chi connectivity index (χ1) is 14.3. The van der Waals surface area contributed by atoms with Gasteiger partial charge in [-0.3, -0.25) is 9.59 Å². The number of carboxylic acids is 1. The first kappa shape index (κ1) is 19.6. The van der Waals surface area contributed by atoms with Crippen molar-refractivity contribution in [1.29, 1.82) is 0 Å². The van der Waals surface area contributed by atoms with E-state index in [9.17, 15) is 14.7 Å². The largest absolute Gasteiger partial charge is 0.481 e. The van der Waals surface area contributed by atoms with E-state index >= 15 is 0 Å². The maximum Gasteiger partial charge on any atom is 0.307 e. The molecule has 0 atom stereocenters. The quantitative estimate of drug-likeness (QED) is 0.646. The lowest BCUT2D eigenvalue weighted by atomic mass is 9.88. The summed E-state index contributed by atoms with van der Waals surface area (Å²) in [6, 6.07) is 11.4. The van der Waals surface area contributed by atoms with Crippen molar-refractivity contribution in [1.82, 2.24) is 4.98 Å². The minimum absolute atomic E-state index is 0.163. The summed E-state index contributed by atoms with van der Waals surface area (Å²) in [5.41, 5.74) is 6.46. The van der Waals surface area contributed by atoms with Crippen LogP contribution in [-0.2, 0) is 11.2 Å².